The highest BCUT2D eigenvalue weighted by Crippen LogP contribution is 2.29. The van der Waals surface area contributed by atoms with Crippen LogP contribution in [0.5, 0.6) is 0 Å². The molecule has 23 heavy (non-hydrogen) atoms. The molecule has 6 heteroatoms. The van der Waals surface area contributed by atoms with Crippen molar-refractivity contribution in [1.82, 2.24) is 19.4 Å². The van der Waals surface area contributed by atoms with Gasteiger partial charge in [0.1, 0.15) is 5.82 Å². The van der Waals surface area contributed by atoms with E-state index in [-0.39, 0.29) is 5.82 Å². The molecule has 3 heterocycles. The van der Waals surface area contributed by atoms with Crippen molar-refractivity contribution in [3.63, 3.8) is 0 Å². The summed E-state index contributed by atoms with van der Waals surface area (Å²) >= 11 is 0. The van der Waals surface area contributed by atoms with Gasteiger partial charge >= 0.3 is 0 Å². The Balaban J connectivity index is 1.74. The summed E-state index contributed by atoms with van der Waals surface area (Å²) in [7, 11) is 4.14. The van der Waals surface area contributed by atoms with Gasteiger partial charge in [-0.25, -0.2) is 14.4 Å². The van der Waals surface area contributed by atoms with Crippen LogP contribution in [-0.4, -0.2) is 53.2 Å². The topological polar surface area (TPSA) is 37.2 Å². The van der Waals surface area contributed by atoms with Crippen LogP contribution in [0.1, 0.15) is 24.6 Å². The third-order valence-electron chi connectivity index (χ3n) is 4.36. The summed E-state index contributed by atoms with van der Waals surface area (Å²) in [5.41, 5.74) is 0. The van der Waals surface area contributed by atoms with Crippen molar-refractivity contribution >= 4 is 5.82 Å². The van der Waals surface area contributed by atoms with Gasteiger partial charge in [0.2, 0.25) is 0 Å². The van der Waals surface area contributed by atoms with Crippen LogP contribution in [0, 0.1) is 5.82 Å². The number of likely N-dealkylation sites (N-methyl/N-ethyl adjacent to an activating group) is 1. The Kier molecular flexibility index (Phi) is 4.91. The van der Waals surface area contributed by atoms with E-state index in [1.54, 1.807) is 12.3 Å². The molecule has 1 unspecified atom stereocenters. The minimum absolute atomic E-state index is 0.246. The first-order valence-corrected chi connectivity index (χ1v) is 8.16. The molecule has 0 amide bonds. The van der Waals surface area contributed by atoms with Crippen LogP contribution < -0.4 is 4.90 Å². The van der Waals surface area contributed by atoms with Crippen molar-refractivity contribution in [2.24, 2.45) is 0 Å². The number of nitrogens with zero attached hydrogens (tertiary/aromatic N) is 5. The minimum atomic E-state index is -0.246. The van der Waals surface area contributed by atoms with E-state index >= 15 is 0 Å². The molecule has 3 rings (SSSR count). The fourth-order valence-electron chi connectivity index (χ4n) is 3.17. The molecular weight excluding hydrogens is 293 g/mol. The molecule has 1 saturated heterocycles. The molecule has 0 spiro atoms. The molecule has 0 bridgehead atoms. The monoisotopic (exact) mass is 317 g/mol. The van der Waals surface area contributed by atoms with Crippen LogP contribution in [0.4, 0.5) is 10.2 Å². The van der Waals surface area contributed by atoms with Gasteiger partial charge in [0.25, 0.3) is 0 Å². The normalized spacial score (nSPS) is 18.6. The summed E-state index contributed by atoms with van der Waals surface area (Å²) in [5, 5.41) is 0. The fourth-order valence-corrected chi connectivity index (χ4v) is 3.17. The van der Waals surface area contributed by atoms with Gasteiger partial charge in [-0.05, 0) is 39.1 Å². The quantitative estimate of drug-likeness (QED) is 0.848. The molecule has 0 saturated carbocycles. The molecule has 124 valence electrons. The van der Waals surface area contributed by atoms with Crippen LogP contribution in [0.15, 0.2) is 30.7 Å². The van der Waals surface area contributed by atoms with Crippen molar-refractivity contribution in [1.29, 1.82) is 0 Å². The Morgan fingerprint density at radius 3 is 2.96 bits per heavy atom. The molecule has 1 atom stereocenters. The number of rotatable bonds is 5. The summed E-state index contributed by atoms with van der Waals surface area (Å²) in [6.07, 6.45) is 7.68. The van der Waals surface area contributed by atoms with Gasteiger partial charge in [0.05, 0.1) is 0 Å². The van der Waals surface area contributed by atoms with Gasteiger partial charge in [-0.2, -0.15) is 0 Å². The maximum atomic E-state index is 14.0. The van der Waals surface area contributed by atoms with Crippen molar-refractivity contribution in [2.75, 3.05) is 38.6 Å². The van der Waals surface area contributed by atoms with Gasteiger partial charge in [-0.15, -0.1) is 0 Å². The van der Waals surface area contributed by atoms with Gasteiger partial charge in [-0.1, -0.05) is 0 Å². The third kappa shape index (κ3) is 3.69. The molecule has 1 fully saturated rings. The van der Waals surface area contributed by atoms with Crippen molar-refractivity contribution < 1.29 is 4.39 Å². The number of halogens is 1. The molecule has 1 aliphatic heterocycles. The van der Waals surface area contributed by atoms with Crippen LogP contribution in [0.25, 0.3) is 0 Å². The third-order valence-corrected chi connectivity index (χ3v) is 4.36. The fraction of sp³-hybridized carbons (Fsp3) is 0.529. The van der Waals surface area contributed by atoms with E-state index in [4.69, 9.17) is 0 Å². The van der Waals surface area contributed by atoms with Gasteiger partial charge in [0, 0.05) is 50.7 Å². The maximum Gasteiger partial charge on any atom is 0.165 e. The lowest BCUT2D eigenvalue weighted by molar-refractivity contribution is 0.373. The number of aromatic nitrogens is 3. The first kappa shape index (κ1) is 15.9. The van der Waals surface area contributed by atoms with E-state index in [0.717, 1.165) is 44.8 Å². The summed E-state index contributed by atoms with van der Waals surface area (Å²) in [5.74, 6) is 1.64. The number of anilines is 1. The Labute approximate surface area is 136 Å². The van der Waals surface area contributed by atoms with E-state index in [0.29, 0.717) is 11.7 Å². The maximum absolute atomic E-state index is 14.0. The first-order valence-electron chi connectivity index (χ1n) is 8.16. The van der Waals surface area contributed by atoms with Gasteiger partial charge < -0.3 is 14.4 Å². The molecule has 5 nitrogen and oxygen atoms in total. The van der Waals surface area contributed by atoms with Crippen molar-refractivity contribution in [3.05, 3.63) is 42.4 Å². The van der Waals surface area contributed by atoms with E-state index in [1.807, 2.05) is 12.4 Å². The largest absolute Gasteiger partial charge is 0.353 e. The average Bonchev–Trinajstić information content (AvgIpc) is 3.02. The smallest absolute Gasteiger partial charge is 0.165 e. The number of pyridine rings is 1. The molecule has 0 aliphatic carbocycles. The number of imidazole rings is 1. The predicted octanol–water partition coefficient (Wildman–Crippen LogP) is 2.36. The van der Waals surface area contributed by atoms with E-state index in [2.05, 4.69) is 38.4 Å². The van der Waals surface area contributed by atoms with Gasteiger partial charge in [-0.3, -0.25) is 0 Å². The molecule has 0 radical (unpaired) electrons. The van der Waals surface area contributed by atoms with Crippen LogP contribution in [0.3, 0.4) is 0 Å². The second-order valence-electron chi connectivity index (χ2n) is 6.38. The lowest BCUT2D eigenvalue weighted by Crippen LogP contribution is -2.36. The second kappa shape index (κ2) is 7.08. The first-order chi connectivity index (χ1) is 11.1. The molecule has 0 N–H and O–H groups in total. The van der Waals surface area contributed by atoms with Crippen LogP contribution >= 0.6 is 0 Å². The Morgan fingerprint density at radius 2 is 2.17 bits per heavy atom. The molecule has 2 aromatic heterocycles. The highest BCUT2D eigenvalue weighted by molar-refractivity contribution is 5.40. The molecule has 2 aromatic rings. The lowest BCUT2D eigenvalue weighted by atomic mass is 9.97. The van der Waals surface area contributed by atoms with Gasteiger partial charge in [0.15, 0.2) is 11.6 Å². The van der Waals surface area contributed by atoms with Crippen molar-refractivity contribution in [3.8, 4) is 0 Å². The summed E-state index contributed by atoms with van der Waals surface area (Å²) in [6.45, 7) is 3.53. The predicted molar refractivity (Wildman–Crippen MR) is 89.2 cm³/mol. The Bertz CT molecular complexity index is 639. The molecular formula is C17H24FN5. The summed E-state index contributed by atoms with van der Waals surface area (Å²) in [4.78, 5) is 13.0. The van der Waals surface area contributed by atoms with E-state index < -0.39 is 0 Å². The standard InChI is InChI=1S/C17H24FN5/c1-21(2)11-12-22-10-8-20-16(22)14-5-4-9-23(13-14)17-15(18)6-3-7-19-17/h3,6-8,10,14H,4-5,9,11-13H2,1-2H3. The zero-order chi connectivity index (χ0) is 16.2. The second-order valence-corrected chi connectivity index (χ2v) is 6.38. The van der Waals surface area contributed by atoms with Crippen molar-refractivity contribution in [2.45, 2.75) is 25.3 Å². The lowest BCUT2D eigenvalue weighted by Gasteiger charge is -2.33. The van der Waals surface area contributed by atoms with Crippen LogP contribution in [-0.2, 0) is 6.54 Å². The zero-order valence-electron chi connectivity index (χ0n) is 13.8. The number of hydrogen-bond donors (Lipinski definition) is 0. The number of piperidine rings is 1. The SMILES string of the molecule is CN(C)CCn1ccnc1C1CCCN(c2ncccc2F)C1. The van der Waals surface area contributed by atoms with E-state index in [9.17, 15) is 4.39 Å². The summed E-state index contributed by atoms with van der Waals surface area (Å²) < 4.78 is 16.2. The Morgan fingerprint density at radius 1 is 1.30 bits per heavy atom. The number of hydrogen-bond acceptors (Lipinski definition) is 4. The highest BCUT2D eigenvalue weighted by atomic mass is 19.1. The summed E-state index contributed by atoms with van der Waals surface area (Å²) in [6, 6.07) is 3.11. The van der Waals surface area contributed by atoms with E-state index in [1.165, 1.54) is 6.07 Å². The Hall–Kier alpha value is -1.95. The van der Waals surface area contributed by atoms with Crippen LogP contribution in [0.2, 0.25) is 0 Å². The highest BCUT2D eigenvalue weighted by Gasteiger charge is 2.26. The zero-order valence-corrected chi connectivity index (χ0v) is 13.8. The average molecular weight is 317 g/mol. The minimum Gasteiger partial charge on any atom is -0.353 e. The molecule has 1 aliphatic rings. The molecule has 0 aromatic carbocycles.